The maximum absolute atomic E-state index is 12.9. The number of carbonyl (C=O) groups is 1. The van der Waals surface area contributed by atoms with Crippen molar-refractivity contribution in [1.29, 1.82) is 5.26 Å². The van der Waals surface area contributed by atoms with Crippen LogP contribution in [0.15, 0.2) is 30.6 Å². The highest BCUT2D eigenvalue weighted by Crippen LogP contribution is 2.16. The fourth-order valence-electron chi connectivity index (χ4n) is 1.36. The minimum Gasteiger partial charge on any atom is -0.382 e. The van der Waals surface area contributed by atoms with Crippen LogP contribution in [0.3, 0.4) is 0 Å². The quantitative estimate of drug-likeness (QED) is 0.844. The minimum absolute atomic E-state index is 0.0248. The van der Waals surface area contributed by atoms with E-state index in [4.69, 9.17) is 11.0 Å². The smallest absolute Gasteiger partial charge is 0.275 e. The maximum Gasteiger partial charge on any atom is 0.275 e. The van der Waals surface area contributed by atoms with Crippen LogP contribution in [-0.4, -0.2) is 15.9 Å². The van der Waals surface area contributed by atoms with Crippen molar-refractivity contribution >= 4 is 17.4 Å². The van der Waals surface area contributed by atoms with Gasteiger partial charge in [-0.3, -0.25) is 4.79 Å². The van der Waals surface area contributed by atoms with Crippen LogP contribution in [-0.2, 0) is 0 Å². The standard InChI is InChI=1S/C12H8FN5O/c13-8-1-2-9(7(3-8)4-14)18-12(19)10-5-17-11(15)6-16-10/h1-3,5-6H,(H2,15,17)(H,18,19). The summed E-state index contributed by atoms with van der Waals surface area (Å²) in [7, 11) is 0. The third-order valence-corrected chi connectivity index (χ3v) is 2.25. The van der Waals surface area contributed by atoms with Gasteiger partial charge in [0.15, 0.2) is 0 Å². The number of hydrogen-bond acceptors (Lipinski definition) is 5. The lowest BCUT2D eigenvalue weighted by Crippen LogP contribution is -2.15. The lowest BCUT2D eigenvalue weighted by atomic mass is 10.2. The molecule has 0 unspecified atom stereocenters. The van der Waals surface area contributed by atoms with Gasteiger partial charge in [-0.1, -0.05) is 0 Å². The van der Waals surface area contributed by atoms with Gasteiger partial charge in [-0.05, 0) is 18.2 Å². The van der Waals surface area contributed by atoms with E-state index >= 15 is 0 Å². The molecule has 94 valence electrons. The molecule has 6 nitrogen and oxygen atoms in total. The van der Waals surface area contributed by atoms with E-state index in [9.17, 15) is 9.18 Å². The van der Waals surface area contributed by atoms with Crippen molar-refractivity contribution in [3.05, 3.63) is 47.7 Å². The number of benzene rings is 1. The Morgan fingerprint density at radius 2 is 2.16 bits per heavy atom. The Hall–Kier alpha value is -3.01. The van der Waals surface area contributed by atoms with Gasteiger partial charge in [0.1, 0.15) is 23.4 Å². The summed E-state index contributed by atoms with van der Waals surface area (Å²) in [6, 6.07) is 5.27. The van der Waals surface area contributed by atoms with E-state index in [0.717, 1.165) is 12.1 Å². The third-order valence-electron chi connectivity index (χ3n) is 2.25. The first-order valence-corrected chi connectivity index (χ1v) is 5.18. The van der Waals surface area contributed by atoms with E-state index < -0.39 is 11.7 Å². The summed E-state index contributed by atoms with van der Waals surface area (Å²) in [6.45, 7) is 0. The molecule has 0 spiro atoms. The zero-order valence-corrected chi connectivity index (χ0v) is 9.59. The van der Waals surface area contributed by atoms with E-state index in [1.165, 1.54) is 18.5 Å². The van der Waals surface area contributed by atoms with Gasteiger partial charge in [0.2, 0.25) is 0 Å². The van der Waals surface area contributed by atoms with Crippen molar-refractivity contribution in [1.82, 2.24) is 9.97 Å². The first-order valence-electron chi connectivity index (χ1n) is 5.18. The van der Waals surface area contributed by atoms with Gasteiger partial charge < -0.3 is 11.1 Å². The number of carbonyl (C=O) groups excluding carboxylic acids is 1. The Bertz CT molecular complexity index is 663. The van der Waals surface area contributed by atoms with Crippen molar-refractivity contribution < 1.29 is 9.18 Å². The Kier molecular flexibility index (Phi) is 3.34. The molecule has 1 amide bonds. The molecule has 2 rings (SSSR count). The number of nitrogen functional groups attached to an aromatic ring is 1. The molecule has 0 atom stereocenters. The molecule has 0 bridgehead atoms. The minimum atomic E-state index is -0.560. The molecule has 1 heterocycles. The molecule has 0 aliphatic heterocycles. The number of nitriles is 1. The first-order chi connectivity index (χ1) is 9.10. The van der Waals surface area contributed by atoms with Crippen molar-refractivity contribution in [2.45, 2.75) is 0 Å². The highest BCUT2D eigenvalue weighted by Gasteiger charge is 2.11. The Balaban J connectivity index is 2.24. The molecule has 0 aliphatic rings. The van der Waals surface area contributed by atoms with Crippen molar-refractivity contribution in [3.8, 4) is 6.07 Å². The molecule has 1 aromatic carbocycles. The predicted molar refractivity (Wildman–Crippen MR) is 65.5 cm³/mol. The zero-order chi connectivity index (χ0) is 13.8. The topological polar surface area (TPSA) is 105 Å². The van der Waals surface area contributed by atoms with Gasteiger partial charge in [-0.15, -0.1) is 0 Å². The lowest BCUT2D eigenvalue weighted by molar-refractivity contribution is 0.102. The predicted octanol–water partition coefficient (Wildman–Crippen LogP) is 1.32. The maximum atomic E-state index is 12.9. The second kappa shape index (κ2) is 5.10. The van der Waals surface area contributed by atoms with Crippen LogP contribution in [0, 0.1) is 17.1 Å². The summed E-state index contributed by atoms with van der Waals surface area (Å²) in [4.78, 5) is 19.3. The number of hydrogen-bond donors (Lipinski definition) is 2. The summed E-state index contributed by atoms with van der Waals surface area (Å²) in [5.41, 5.74) is 5.62. The van der Waals surface area contributed by atoms with Crippen LogP contribution in [0.2, 0.25) is 0 Å². The number of aromatic nitrogens is 2. The van der Waals surface area contributed by atoms with E-state index in [1.54, 1.807) is 6.07 Å². The van der Waals surface area contributed by atoms with E-state index in [0.29, 0.717) is 0 Å². The molecular formula is C12H8FN5O. The van der Waals surface area contributed by atoms with Crippen LogP contribution in [0.25, 0.3) is 0 Å². The second-order valence-electron chi connectivity index (χ2n) is 3.58. The number of nitrogens with zero attached hydrogens (tertiary/aromatic N) is 3. The molecule has 3 N–H and O–H groups in total. The van der Waals surface area contributed by atoms with Gasteiger partial charge in [0.05, 0.1) is 23.6 Å². The number of halogens is 1. The van der Waals surface area contributed by atoms with Gasteiger partial charge in [0.25, 0.3) is 5.91 Å². The second-order valence-corrected chi connectivity index (χ2v) is 3.58. The zero-order valence-electron chi connectivity index (χ0n) is 9.59. The third kappa shape index (κ3) is 2.81. The summed E-state index contributed by atoms with van der Waals surface area (Å²) in [5, 5.41) is 11.3. The van der Waals surface area contributed by atoms with Gasteiger partial charge in [-0.2, -0.15) is 5.26 Å². The SMILES string of the molecule is N#Cc1cc(F)ccc1NC(=O)c1cnc(N)cn1. The average Bonchev–Trinajstić information content (AvgIpc) is 2.41. The van der Waals surface area contributed by atoms with Crippen molar-refractivity contribution in [2.75, 3.05) is 11.1 Å². The van der Waals surface area contributed by atoms with Gasteiger partial charge in [0, 0.05) is 0 Å². The number of rotatable bonds is 2. The monoisotopic (exact) mass is 257 g/mol. The molecular weight excluding hydrogens is 249 g/mol. The summed E-state index contributed by atoms with van der Waals surface area (Å²) in [5.74, 6) is -0.923. The van der Waals surface area contributed by atoms with Gasteiger partial charge >= 0.3 is 0 Å². The van der Waals surface area contributed by atoms with Crippen LogP contribution in [0.5, 0.6) is 0 Å². The van der Waals surface area contributed by atoms with Crippen LogP contribution in [0.4, 0.5) is 15.9 Å². The normalized spacial score (nSPS) is 9.68. The Morgan fingerprint density at radius 3 is 2.79 bits per heavy atom. The molecule has 19 heavy (non-hydrogen) atoms. The largest absolute Gasteiger partial charge is 0.382 e. The summed E-state index contributed by atoms with van der Waals surface area (Å²) < 4.78 is 12.9. The molecule has 1 aromatic heterocycles. The Labute approximate surface area is 107 Å². The number of anilines is 2. The van der Waals surface area contributed by atoms with Crippen molar-refractivity contribution in [3.63, 3.8) is 0 Å². The van der Waals surface area contributed by atoms with E-state index in [-0.39, 0.29) is 22.8 Å². The van der Waals surface area contributed by atoms with Crippen molar-refractivity contribution in [2.24, 2.45) is 0 Å². The first kappa shape index (κ1) is 12.4. The Morgan fingerprint density at radius 1 is 1.37 bits per heavy atom. The van der Waals surface area contributed by atoms with Gasteiger partial charge in [-0.25, -0.2) is 14.4 Å². The van der Waals surface area contributed by atoms with Crippen LogP contribution >= 0.6 is 0 Å². The van der Waals surface area contributed by atoms with Crippen LogP contribution < -0.4 is 11.1 Å². The fraction of sp³-hybridized carbons (Fsp3) is 0. The highest BCUT2D eigenvalue weighted by molar-refractivity contribution is 6.03. The molecule has 7 heteroatoms. The van der Waals surface area contributed by atoms with E-state index in [1.807, 2.05) is 0 Å². The highest BCUT2D eigenvalue weighted by atomic mass is 19.1. The average molecular weight is 257 g/mol. The molecule has 0 saturated carbocycles. The summed E-state index contributed by atoms with van der Waals surface area (Å²) >= 11 is 0. The number of nitrogens with two attached hydrogens (primary N) is 1. The summed E-state index contributed by atoms with van der Waals surface area (Å²) in [6.07, 6.45) is 2.45. The number of amides is 1. The molecule has 0 radical (unpaired) electrons. The van der Waals surface area contributed by atoms with Crippen LogP contribution in [0.1, 0.15) is 16.1 Å². The lowest BCUT2D eigenvalue weighted by Gasteiger charge is -2.06. The molecule has 0 fully saturated rings. The van der Waals surface area contributed by atoms with E-state index in [2.05, 4.69) is 15.3 Å². The number of nitrogens with one attached hydrogen (secondary N) is 1. The molecule has 0 saturated heterocycles. The molecule has 2 aromatic rings. The molecule has 0 aliphatic carbocycles. The fourth-order valence-corrected chi connectivity index (χ4v) is 1.36.